The summed E-state index contributed by atoms with van der Waals surface area (Å²) in [7, 11) is 0. The molecule has 19 heavy (non-hydrogen) atoms. The van der Waals surface area contributed by atoms with Gasteiger partial charge in [-0.25, -0.2) is 0 Å². The van der Waals surface area contributed by atoms with Crippen LogP contribution in [0.25, 0.3) is 0 Å². The molecule has 0 fully saturated rings. The third-order valence-electron chi connectivity index (χ3n) is 2.70. The van der Waals surface area contributed by atoms with E-state index in [-0.39, 0.29) is 11.9 Å². The zero-order valence-electron chi connectivity index (χ0n) is 11.2. The maximum absolute atomic E-state index is 11.5. The van der Waals surface area contributed by atoms with Crippen molar-refractivity contribution >= 4 is 5.78 Å². The van der Waals surface area contributed by atoms with Gasteiger partial charge >= 0.3 is 0 Å². The van der Waals surface area contributed by atoms with Crippen molar-refractivity contribution in [3.8, 4) is 5.75 Å². The minimum atomic E-state index is -0.325. The third kappa shape index (κ3) is 3.19. The van der Waals surface area contributed by atoms with Crippen molar-refractivity contribution in [2.75, 3.05) is 0 Å². The molecule has 1 aromatic heterocycles. The number of rotatable bonds is 5. The number of carbonyl (C=O) groups is 1. The Labute approximate surface area is 111 Å². The van der Waals surface area contributed by atoms with Crippen LogP contribution in [0.3, 0.4) is 0 Å². The van der Waals surface area contributed by atoms with Gasteiger partial charge in [-0.05, 0) is 38.1 Å². The minimum absolute atomic E-state index is 0.118. The lowest BCUT2D eigenvalue weighted by Gasteiger charge is -2.10. The topological polar surface area (TPSA) is 65.2 Å². The van der Waals surface area contributed by atoms with Crippen LogP contribution in [0.2, 0.25) is 0 Å². The molecule has 0 spiro atoms. The van der Waals surface area contributed by atoms with Crippen LogP contribution >= 0.6 is 0 Å². The SMILES string of the molecule is CCC(=O)c1ccc(OC(C)c2nc(C)no2)cc1. The van der Waals surface area contributed by atoms with Gasteiger partial charge in [0.05, 0.1) is 0 Å². The number of aryl methyl sites for hydroxylation is 1. The Morgan fingerprint density at radius 3 is 2.58 bits per heavy atom. The van der Waals surface area contributed by atoms with Crippen molar-refractivity contribution in [1.29, 1.82) is 0 Å². The summed E-state index contributed by atoms with van der Waals surface area (Å²) in [5, 5.41) is 3.72. The van der Waals surface area contributed by atoms with Crippen molar-refractivity contribution in [1.82, 2.24) is 10.1 Å². The van der Waals surface area contributed by atoms with Crippen LogP contribution < -0.4 is 4.74 Å². The molecule has 0 saturated heterocycles. The highest BCUT2D eigenvalue weighted by Crippen LogP contribution is 2.21. The van der Waals surface area contributed by atoms with Crippen molar-refractivity contribution in [2.45, 2.75) is 33.3 Å². The Morgan fingerprint density at radius 1 is 1.37 bits per heavy atom. The molecule has 0 bridgehead atoms. The van der Waals surface area contributed by atoms with E-state index in [1.807, 2.05) is 13.8 Å². The lowest BCUT2D eigenvalue weighted by molar-refractivity contribution is 0.0988. The van der Waals surface area contributed by atoms with Gasteiger partial charge in [-0.1, -0.05) is 12.1 Å². The lowest BCUT2D eigenvalue weighted by atomic mass is 10.1. The van der Waals surface area contributed by atoms with E-state index < -0.39 is 0 Å². The van der Waals surface area contributed by atoms with E-state index in [9.17, 15) is 4.79 Å². The zero-order valence-corrected chi connectivity index (χ0v) is 11.2. The van der Waals surface area contributed by atoms with E-state index in [0.717, 1.165) is 0 Å². The molecule has 1 atom stereocenters. The quantitative estimate of drug-likeness (QED) is 0.773. The van der Waals surface area contributed by atoms with Crippen molar-refractivity contribution in [3.05, 3.63) is 41.5 Å². The van der Waals surface area contributed by atoms with Gasteiger partial charge in [-0.15, -0.1) is 0 Å². The number of aromatic nitrogens is 2. The van der Waals surface area contributed by atoms with Gasteiger partial charge < -0.3 is 9.26 Å². The smallest absolute Gasteiger partial charge is 0.267 e. The van der Waals surface area contributed by atoms with Crippen LogP contribution in [-0.4, -0.2) is 15.9 Å². The molecule has 0 radical (unpaired) electrons. The first kappa shape index (κ1) is 13.3. The summed E-state index contributed by atoms with van der Waals surface area (Å²) in [6.45, 7) is 5.43. The van der Waals surface area contributed by atoms with E-state index in [1.54, 1.807) is 31.2 Å². The van der Waals surface area contributed by atoms with E-state index >= 15 is 0 Å². The molecule has 100 valence electrons. The van der Waals surface area contributed by atoms with Gasteiger partial charge in [0.1, 0.15) is 5.75 Å². The molecule has 0 saturated carbocycles. The highest BCUT2D eigenvalue weighted by Gasteiger charge is 2.14. The molecule has 5 nitrogen and oxygen atoms in total. The molecule has 0 aliphatic heterocycles. The molecular weight excluding hydrogens is 244 g/mol. The first-order chi connectivity index (χ1) is 9.10. The molecule has 1 unspecified atom stereocenters. The number of ketones is 1. The highest BCUT2D eigenvalue weighted by atomic mass is 16.5. The average Bonchev–Trinajstić information content (AvgIpc) is 2.85. The molecule has 1 heterocycles. The first-order valence-electron chi connectivity index (χ1n) is 6.20. The second kappa shape index (κ2) is 5.65. The van der Waals surface area contributed by atoms with E-state index in [4.69, 9.17) is 9.26 Å². The second-order valence-corrected chi connectivity index (χ2v) is 4.24. The first-order valence-corrected chi connectivity index (χ1v) is 6.20. The van der Waals surface area contributed by atoms with Gasteiger partial charge in [-0.3, -0.25) is 4.79 Å². The molecule has 0 N–H and O–H groups in total. The Morgan fingerprint density at radius 2 is 2.05 bits per heavy atom. The second-order valence-electron chi connectivity index (χ2n) is 4.24. The molecule has 0 amide bonds. The van der Waals surface area contributed by atoms with Crippen molar-refractivity contribution < 1.29 is 14.1 Å². The Kier molecular flexibility index (Phi) is 3.94. The van der Waals surface area contributed by atoms with Gasteiger partial charge in [0.15, 0.2) is 17.7 Å². The fourth-order valence-electron chi connectivity index (χ4n) is 1.66. The normalized spacial score (nSPS) is 12.2. The van der Waals surface area contributed by atoms with Gasteiger partial charge in [0.25, 0.3) is 5.89 Å². The number of nitrogens with zero attached hydrogens (tertiary/aromatic N) is 2. The van der Waals surface area contributed by atoms with Crippen LogP contribution in [0.1, 0.15) is 48.4 Å². The highest BCUT2D eigenvalue weighted by molar-refractivity contribution is 5.95. The van der Waals surface area contributed by atoms with Crippen molar-refractivity contribution in [2.24, 2.45) is 0 Å². The predicted octanol–water partition coefficient (Wildman–Crippen LogP) is 3.11. The summed E-state index contributed by atoms with van der Waals surface area (Å²) in [6, 6.07) is 7.05. The van der Waals surface area contributed by atoms with E-state index in [1.165, 1.54) is 0 Å². The van der Waals surface area contributed by atoms with Crippen LogP contribution in [0, 0.1) is 6.92 Å². The van der Waals surface area contributed by atoms with Gasteiger partial charge in [0.2, 0.25) is 0 Å². The number of hydrogen-bond donors (Lipinski definition) is 0. The van der Waals surface area contributed by atoms with Gasteiger partial charge in [-0.2, -0.15) is 4.98 Å². The minimum Gasteiger partial charge on any atom is -0.481 e. The monoisotopic (exact) mass is 260 g/mol. The maximum atomic E-state index is 11.5. The number of hydrogen-bond acceptors (Lipinski definition) is 5. The zero-order chi connectivity index (χ0) is 13.8. The molecule has 1 aromatic carbocycles. The van der Waals surface area contributed by atoms with Crippen LogP contribution in [0.15, 0.2) is 28.8 Å². The summed E-state index contributed by atoms with van der Waals surface area (Å²) in [4.78, 5) is 15.6. The molecular formula is C14H16N2O3. The average molecular weight is 260 g/mol. The summed E-state index contributed by atoms with van der Waals surface area (Å²) in [5.74, 6) is 1.80. The Bertz CT molecular complexity index is 560. The fraction of sp³-hybridized carbons (Fsp3) is 0.357. The number of Topliss-reactive ketones (excluding diaryl/α,β-unsaturated/α-hetero) is 1. The summed E-state index contributed by atoms with van der Waals surface area (Å²) in [5.41, 5.74) is 0.691. The number of carbonyl (C=O) groups excluding carboxylic acids is 1. The van der Waals surface area contributed by atoms with Crippen LogP contribution in [0.5, 0.6) is 5.75 Å². The van der Waals surface area contributed by atoms with Crippen molar-refractivity contribution in [3.63, 3.8) is 0 Å². The molecule has 0 aliphatic carbocycles. The summed E-state index contributed by atoms with van der Waals surface area (Å²) in [6.07, 6.45) is 0.173. The summed E-state index contributed by atoms with van der Waals surface area (Å²) < 4.78 is 10.7. The largest absolute Gasteiger partial charge is 0.481 e. The number of benzene rings is 1. The van der Waals surface area contributed by atoms with Crippen LogP contribution in [0.4, 0.5) is 0 Å². The molecule has 2 aromatic rings. The Balaban J connectivity index is 2.05. The molecule has 2 rings (SSSR count). The standard InChI is InChI=1S/C14H16N2O3/c1-4-13(17)11-5-7-12(8-6-11)18-9(2)14-15-10(3)16-19-14/h5-9H,4H2,1-3H3. The molecule has 0 aliphatic rings. The van der Waals surface area contributed by atoms with E-state index in [2.05, 4.69) is 10.1 Å². The summed E-state index contributed by atoms with van der Waals surface area (Å²) >= 11 is 0. The van der Waals surface area contributed by atoms with Gasteiger partial charge in [0, 0.05) is 12.0 Å². The molecule has 5 heteroatoms. The maximum Gasteiger partial charge on any atom is 0.267 e. The lowest BCUT2D eigenvalue weighted by Crippen LogP contribution is -2.04. The third-order valence-corrected chi connectivity index (χ3v) is 2.70. The number of ether oxygens (including phenoxy) is 1. The van der Waals surface area contributed by atoms with E-state index in [0.29, 0.717) is 29.4 Å². The Hall–Kier alpha value is -2.17. The fourth-order valence-corrected chi connectivity index (χ4v) is 1.66. The predicted molar refractivity (Wildman–Crippen MR) is 69.1 cm³/mol. The van der Waals surface area contributed by atoms with Crippen LogP contribution in [-0.2, 0) is 0 Å².